The Labute approximate surface area is 115 Å². The SMILES string of the molecule is CCOc1ccc(C(C#N)NC2CCCCC2)cc1. The zero-order valence-electron chi connectivity index (χ0n) is 11.6. The standard InChI is InChI=1S/C16H22N2O/c1-2-19-15-10-8-13(9-11-15)16(12-17)18-14-6-4-3-5-7-14/h8-11,14,16,18H,2-7H2,1H3. The highest BCUT2D eigenvalue weighted by atomic mass is 16.5. The molecule has 0 heterocycles. The molecule has 0 aliphatic heterocycles. The normalized spacial score (nSPS) is 17.7. The van der Waals surface area contributed by atoms with Gasteiger partial charge in [-0.25, -0.2) is 0 Å². The minimum atomic E-state index is -0.209. The molecule has 1 aromatic rings. The zero-order valence-corrected chi connectivity index (χ0v) is 11.6. The van der Waals surface area contributed by atoms with E-state index in [1.807, 2.05) is 31.2 Å². The molecule has 0 bridgehead atoms. The maximum absolute atomic E-state index is 9.34. The summed E-state index contributed by atoms with van der Waals surface area (Å²) < 4.78 is 5.42. The monoisotopic (exact) mass is 258 g/mol. The number of nitrogens with one attached hydrogen (secondary N) is 1. The molecular weight excluding hydrogens is 236 g/mol. The van der Waals surface area contributed by atoms with Gasteiger partial charge in [0.25, 0.3) is 0 Å². The molecule has 0 saturated heterocycles. The highest BCUT2D eigenvalue weighted by Crippen LogP contribution is 2.22. The van der Waals surface area contributed by atoms with Crippen molar-refractivity contribution >= 4 is 0 Å². The second-order valence-corrected chi connectivity index (χ2v) is 5.07. The van der Waals surface area contributed by atoms with Gasteiger partial charge in [0.2, 0.25) is 0 Å². The van der Waals surface area contributed by atoms with Gasteiger partial charge in [-0.2, -0.15) is 5.26 Å². The first kappa shape index (κ1) is 13.9. The average molecular weight is 258 g/mol. The molecule has 1 aliphatic rings. The predicted octanol–water partition coefficient (Wildman–Crippen LogP) is 3.57. The van der Waals surface area contributed by atoms with E-state index in [9.17, 15) is 5.26 Å². The maximum Gasteiger partial charge on any atom is 0.121 e. The van der Waals surface area contributed by atoms with Crippen LogP contribution in [0.3, 0.4) is 0 Å². The van der Waals surface area contributed by atoms with E-state index in [1.165, 1.54) is 32.1 Å². The fourth-order valence-electron chi connectivity index (χ4n) is 2.64. The van der Waals surface area contributed by atoms with Crippen LogP contribution in [0, 0.1) is 11.3 Å². The maximum atomic E-state index is 9.34. The summed E-state index contributed by atoms with van der Waals surface area (Å²) in [4.78, 5) is 0. The smallest absolute Gasteiger partial charge is 0.121 e. The summed E-state index contributed by atoms with van der Waals surface area (Å²) in [5.41, 5.74) is 1.02. The van der Waals surface area contributed by atoms with Gasteiger partial charge in [-0.15, -0.1) is 0 Å². The molecule has 3 nitrogen and oxygen atoms in total. The van der Waals surface area contributed by atoms with Crippen LogP contribution in [-0.2, 0) is 0 Å². The van der Waals surface area contributed by atoms with Crippen LogP contribution in [-0.4, -0.2) is 12.6 Å². The molecule has 0 aromatic heterocycles. The molecule has 1 aliphatic carbocycles. The molecule has 1 fully saturated rings. The fraction of sp³-hybridized carbons (Fsp3) is 0.562. The van der Waals surface area contributed by atoms with Crippen molar-refractivity contribution in [2.75, 3.05) is 6.61 Å². The van der Waals surface area contributed by atoms with Gasteiger partial charge < -0.3 is 4.74 Å². The van der Waals surface area contributed by atoms with Gasteiger partial charge in [-0.3, -0.25) is 5.32 Å². The van der Waals surface area contributed by atoms with Gasteiger partial charge in [-0.05, 0) is 37.5 Å². The Morgan fingerprint density at radius 2 is 1.95 bits per heavy atom. The van der Waals surface area contributed by atoms with Gasteiger partial charge in [0.1, 0.15) is 11.8 Å². The number of nitriles is 1. The van der Waals surface area contributed by atoms with Gasteiger partial charge in [0, 0.05) is 6.04 Å². The molecule has 1 unspecified atom stereocenters. The predicted molar refractivity (Wildman–Crippen MR) is 76.0 cm³/mol. The summed E-state index contributed by atoms with van der Waals surface area (Å²) in [6.07, 6.45) is 6.26. The number of nitrogens with zero attached hydrogens (tertiary/aromatic N) is 1. The fourth-order valence-corrected chi connectivity index (χ4v) is 2.64. The van der Waals surface area contributed by atoms with Crippen LogP contribution in [0.15, 0.2) is 24.3 Å². The Kier molecular flexibility index (Phi) is 5.23. The van der Waals surface area contributed by atoms with Crippen molar-refractivity contribution in [2.24, 2.45) is 0 Å². The van der Waals surface area contributed by atoms with Crippen LogP contribution in [0.1, 0.15) is 50.6 Å². The largest absolute Gasteiger partial charge is 0.494 e. The van der Waals surface area contributed by atoms with Crippen LogP contribution >= 0.6 is 0 Å². The third kappa shape index (κ3) is 3.97. The second-order valence-electron chi connectivity index (χ2n) is 5.07. The Morgan fingerprint density at radius 1 is 1.26 bits per heavy atom. The Morgan fingerprint density at radius 3 is 2.53 bits per heavy atom. The van der Waals surface area contributed by atoms with Crippen molar-refractivity contribution in [1.82, 2.24) is 5.32 Å². The number of ether oxygens (including phenoxy) is 1. The lowest BCUT2D eigenvalue weighted by Gasteiger charge is -2.25. The molecule has 0 amide bonds. The molecule has 0 radical (unpaired) electrons. The highest BCUT2D eigenvalue weighted by molar-refractivity contribution is 5.31. The Hall–Kier alpha value is -1.53. The van der Waals surface area contributed by atoms with E-state index in [0.29, 0.717) is 12.6 Å². The number of rotatable bonds is 5. The molecule has 1 saturated carbocycles. The van der Waals surface area contributed by atoms with Crippen molar-refractivity contribution in [3.63, 3.8) is 0 Å². The van der Waals surface area contributed by atoms with E-state index in [0.717, 1.165) is 11.3 Å². The lowest BCUT2D eigenvalue weighted by molar-refractivity contribution is 0.339. The topological polar surface area (TPSA) is 45.0 Å². The van der Waals surface area contributed by atoms with Crippen molar-refractivity contribution in [3.05, 3.63) is 29.8 Å². The molecule has 3 heteroatoms. The van der Waals surface area contributed by atoms with Crippen LogP contribution < -0.4 is 10.1 Å². The molecule has 1 aromatic carbocycles. The first-order valence-electron chi connectivity index (χ1n) is 7.22. The van der Waals surface area contributed by atoms with Crippen molar-refractivity contribution in [2.45, 2.75) is 51.1 Å². The van der Waals surface area contributed by atoms with E-state index in [1.54, 1.807) is 0 Å². The summed E-state index contributed by atoms with van der Waals surface area (Å²) in [7, 11) is 0. The lowest BCUT2D eigenvalue weighted by atomic mass is 9.94. The van der Waals surface area contributed by atoms with Crippen LogP contribution in [0.2, 0.25) is 0 Å². The van der Waals surface area contributed by atoms with E-state index in [-0.39, 0.29) is 6.04 Å². The summed E-state index contributed by atoms with van der Waals surface area (Å²) in [5, 5.41) is 12.8. The minimum absolute atomic E-state index is 0.209. The van der Waals surface area contributed by atoms with Gasteiger partial charge in [0.05, 0.1) is 12.7 Å². The van der Waals surface area contributed by atoms with E-state index in [4.69, 9.17) is 4.74 Å². The summed E-state index contributed by atoms with van der Waals surface area (Å²) in [5.74, 6) is 0.862. The molecule has 1 N–H and O–H groups in total. The van der Waals surface area contributed by atoms with Crippen LogP contribution in [0.4, 0.5) is 0 Å². The van der Waals surface area contributed by atoms with Crippen molar-refractivity contribution < 1.29 is 4.74 Å². The molecule has 2 rings (SSSR count). The number of benzene rings is 1. The van der Waals surface area contributed by atoms with E-state index >= 15 is 0 Å². The van der Waals surface area contributed by atoms with Crippen molar-refractivity contribution in [3.8, 4) is 11.8 Å². The molecule has 102 valence electrons. The summed E-state index contributed by atoms with van der Waals surface area (Å²) >= 11 is 0. The van der Waals surface area contributed by atoms with Gasteiger partial charge in [0.15, 0.2) is 0 Å². The Balaban J connectivity index is 1.98. The summed E-state index contributed by atoms with van der Waals surface area (Å²) in [6.45, 7) is 2.64. The van der Waals surface area contributed by atoms with Crippen LogP contribution in [0.25, 0.3) is 0 Å². The third-order valence-corrected chi connectivity index (χ3v) is 3.66. The number of hydrogen-bond donors (Lipinski definition) is 1. The summed E-state index contributed by atoms with van der Waals surface area (Å²) in [6, 6.07) is 10.5. The lowest BCUT2D eigenvalue weighted by Crippen LogP contribution is -2.33. The molecule has 1 atom stereocenters. The van der Waals surface area contributed by atoms with Crippen LogP contribution in [0.5, 0.6) is 5.75 Å². The third-order valence-electron chi connectivity index (χ3n) is 3.66. The second kappa shape index (κ2) is 7.16. The van der Waals surface area contributed by atoms with Gasteiger partial charge in [-0.1, -0.05) is 31.4 Å². The van der Waals surface area contributed by atoms with Gasteiger partial charge >= 0.3 is 0 Å². The first-order chi connectivity index (χ1) is 9.33. The molecule has 0 spiro atoms. The average Bonchev–Trinajstić information content (AvgIpc) is 2.47. The highest BCUT2D eigenvalue weighted by Gasteiger charge is 2.18. The molecule has 19 heavy (non-hydrogen) atoms. The number of hydrogen-bond acceptors (Lipinski definition) is 3. The zero-order chi connectivity index (χ0) is 13.5. The Bertz CT molecular complexity index is 415. The van der Waals surface area contributed by atoms with E-state index < -0.39 is 0 Å². The minimum Gasteiger partial charge on any atom is -0.494 e. The van der Waals surface area contributed by atoms with Crippen molar-refractivity contribution in [1.29, 1.82) is 5.26 Å². The molecular formula is C16H22N2O. The first-order valence-corrected chi connectivity index (χ1v) is 7.22. The van der Waals surface area contributed by atoms with E-state index in [2.05, 4.69) is 11.4 Å². The quantitative estimate of drug-likeness (QED) is 0.878.